The number of ether oxygens (including phenoxy) is 1. The first kappa shape index (κ1) is 11.6. The van der Waals surface area contributed by atoms with Gasteiger partial charge >= 0.3 is 6.18 Å². The van der Waals surface area contributed by atoms with Crippen molar-refractivity contribution in [2.45, 2.75) is 12.3 Å². The van der Waals surface area contributed by atoms with E-state index in [0.29, 0.717) is 5.75 Å². The number of anilines is 1. The van der Waals surface area contributed by atoms with Gasteiger partial charge in [-0.25, -0.2) is 0 Å². The van der Waals surface area contributed by atoms with Crippen molar-refractivity contribution in [3.8, 4) is 5.75 Å². The molecule has 0 saturated carbocycles. The van der Waals surface area contributed by atoms with Crippen molar-refractivity contribution in [3.05, 3.63) is 23.8 Å². The molecule has 6 heteroatoms. The predicted molar refractivity (Wildman–Crippen MR) is 48.4 cm³/mol. The van der Waals surface area contributed by atoms with Crippen LogP contribution in [0.5, 0.6) is 5.75 Å². The van der Waals surface area contributed by atoms with E-state index in [4.69, 9.17) is 15.6 Å². The molecule has 0 saturated heterocycles. The molecule has 3 nitrogen and oxygen atoms in total. The highest BCUT2D eigenvalue weighted by atomic mass is 19.4. The molecule has 0 spiro atoms. The molecule has 84 valence electrons. The Morgan fingerprint density at radius 3 is 2.40 bits per heavy atom. The van der Waals surface area contributed by atoms with E-state index >= 15 is 0 Å². The Bertz CT molecular complexity index is 352. The van der Waals surface area contributed by atoms with Gasteiger partial charge in [0.1, 0.15) is 5.75 Å². The summed E-state index contributed by atoms with van der Waals surface area (Å²) in [6.07, 6.45) is -7.29. The molecular formula is C9H10F3NO2. The molecule has 0 aliphatic carbocycles. The Labute approximate surface area is 84.3 Å². The molecule has 1 unspecified atom stereocenters. The molecule has 3 N–H and O–H groups in total. The molecule has 0 amide bonds. The topological polar surface area (TPSA) is 55.5 Å². The van der Waals surface area contributed by atoms with Crippen molar-refractivity contribution < 1.29 is 23.0 Å². The molecule has 0 aliphatic heterocycles. The van der Waals surface area contributed by atoms with E-state index in [1.807, 2.05) is 0 Å². The standard InChI is InChI=1S/C9H10F3NO2/c1-15-5-2-3-6(7(13)4-5)8(14)9(10,11)12/h2-4,8,14H,13H2,1H3. The van der Waals surface area contributed by atoms with Crippen molar-refractivity contribution in [1.29, 1.82) is 0 Å². The number of rotatable bonds is 2. The summed E-state index contributed by atoms with van der Waals surface area (Å²) in [5, 5.41) is 8.96. The van der Waals surface area contributed by atoms with Gasteiger partial charge in [0.15, 0.2) is 6.10 Å². The lowest BCUT2D eigenvalue weighted by atomic mass is 10.1. The largest absolute Gasteiger partial charge is 0.497 e. The second kappa shape index (κ2) is 3.98. The van der Waals surface area contributed by atoms with Crippen LogP contribution in [0.1, 0.15) is 11.7 Å². The highest BCUT2D eigenvalue weighted by molar-refractivity contribution is 5.52. The maximum absolute atomic E-state index is 12.2. The molecule has 1 aromatic carbocycles. The van der Waals surface area contributed by atoms with Gasteiger partial charge in [-0.3, -0.25) is 0 Å². The minimum atomic E-state index is -4.72. The number of hydrogen-bond acceptors (Lipinski definition) is 3. The molecule has 0 fully saturated rings. The van der Waals surface area contributed by atoms with Crippen molar-refractivity contribution in [3.63, 3.8) is 0 Å². The zero-order chi connectivity index (χ0) is 11.6. The Kier molecular flexibility index (Phi) is 3.09. The van der Waals surface area contributed by atoms with Gasteiger partial charge in [0.05, 0.1) is 7.11 Å². The first-order valence-corrected chi connectivity index (χ1v) is 4.04. The second-order valence-corrected chi connectivity index (χ2v) is 2.94. The number of hydrogen-bond donors (Lipinski definition) is 2. The van der Waals surface area contributed by atoms with Crippen molar-refractivity contribution in [2.75, 3.05) is 12.8 Å². The van der Waals surface area contributed by atoms with Gasteiger partial charge < -0.3 is 15.6 Å². The van der Waals surface area contributed by atoms with Gasteiger partial charge in [0.2, 0.25) is 0 Å². The van der Waals surface area contributed by atoms with Crippen LogP contribution in [0.25, 0.3) is 0 Å². The van der Waals surface area contributed by atoms with Gasteiger partial charge in [0, 0.05) is 17.3 Å². The molecule has 1 aromatic rings. The normalized spacial score (nSPS) is 13.7. The summed E-state index contributed by atoms with van der Waals surface area (Å²) in [4.78, 5) is 0. The van der Waals surface area contributed by atoms with Crippen molar-refractivity contribution in [2.24, 2.45) is 0 Å². The molecule has 15 heavy (non-hydrogen) atoms. The van der Waals surface area contributed by atoms with Crippen LogP contribution >= 0.6 is 0 Å². The van der Waals surface area contributed by atoms with E-state index in [0.717, 1.165) is 6.07 Å². The lowest BCUT2D eigenvalue weighted by molar-refractivity contribution is -0.206. The Morgan fingerprint density at radius 2 is 2.00 bits per heavy atom. The number of aliphatic hydroxyl groups excluding tert-OH is 1. The van der Waals surface area contributed by atoms with Gasteiger partial charge in [-0.1, -0.05) is 6.07 Å². The van der Waals surface area contributed by atoms with Crippen LogP contribution in [-0.2, 0) is 0 Å². The molecule has 1 atom stereocenters. The Balaban J connectivity index is 3.06. The molecule has 0 bridgehead atoms. The van der Waals surface area contributed by atoms with E-state index < -0.39 is 12.3 Å². The van der Waals surface area contributed by atoms with Gasteiger partial charge in [-0.15, -0.1) is 0 Å². The first-order chi connectivity index (χ1) is 6.86. The highest BCUT2D eigenvalue weighted by Crippen LogP contribution is 2.36. The van der Waals surface area contributed by atoms with Crippen LogP contribution in [0.3, 0.4) is 0 Å². The minimum absolute atomic E-state index is 0.154. The van der Waals surface area contributed by atoms with Gasteiger partial charge in [0.25, 0.3) is 0 Å². The fourth-order valence-electron chi connectivity index (χ4n) is 1.11. The lowest BCUT2D eigenvalue weighted by Gasteiger charge is -2.16. The van der Waals surface area contributed by atoms with Crippen LogP contribution in [-0.4, -0.2) is 18.4 Å². The maximum Gasteiger partial charge on any atom is 0.418 e. The second-order valence-electron chi connectivity index (χ2n) is 2.94. The van der Waals surface area contributed by atoms with E-state index in [1.165, 1.54) is 19.2 Å². The highest BCUT2D eigenvalue weighted by Gasteiger charge is 2.40. The third-order valence-corrected chi connectivity index (χ3v) is 1.90. The third kappa shape index (κ3) is 2.53. The molecular weight excluding hydrogens is 211 g/mol. The van der Waals surface area contributed by atoms with Crippen LogP contribution in [0, 0.1) is 0 Å². The number of alkyl halides is 3. The fraction of sp³-hybridized carbons (Fsp3) is 0.333. The number of nitrogen functional groups attached to an aromatic ring is 1. The van der Waals surface area contributed by atoms with E-state index in [2.05, 4.69) is 0 Å². The summed E-state index contributed by atoms with van der Waals surface area (Å²) >= 11 is 0. The molecule has 0 aliphatic rings. The van der Waals surface area contributed by atoms with Gasteiger partial charge in [-0.05, 0) is 6.07 Å². The van der Waals surface area contributed by atoms with Crippen LogP contribution in [0.2, 0.25) is 0 Å². The SMILES string of the molecule is COc1ccc(C(O)C(F)(F)F)c(N)c1. The Morgan fingerprint density at radius 1 is 1.40 bits per heavy atom. The van der Waals surface area contributed by atoms with E-state index in [-0.39, 0.29) is 11.3 Å². The van der Waals surface area contributed by atoms with E-state index in [1.54, 1.807) is 0 Å². The summed E-state index contributed by atoms with van der Waals surface area (Å²) in [7, 11) is 1.37. The zero-order valence-electron chi connectivity index (χ0n) is 7.88. The predicted octanol–water partition coefficient (Wildman–Crippen LogP) is 1.87. The molecule has 1 rings (SSSR count). The number of aliphatic hydroxyl groups is 1. The summed E-state index contributed by atoms with van der Waals surface area (Å²) < 4.78 is 41.3. The monoisotopic (exact) mass is 221 g/mol. The number of benzene rings is 1. The van der Waals surface area contributed by atoms with Crippen molar-refractivity contribution >= 4 is 5.69 Å². The van der Waals surface area contributed by atoms with Crippen LogP contribution in [0.15, 0.2) is 18.2 Å². The van der Waals surface area contributed by atoms with Gasteiger partial charge in [-0.2, -0.15) is 13.2 Å². The number of halogens is 3. The number of methoxy groups -OCH3 is 1. The summed E-state index contributed by atoms with van der Waals surface area (Å²) in [5.41, 5.74) is 4.83. The lowest BCUT2D eigenvalue weighted by Crippen LogP contribution is -2.21. The first-order valence-electron chi connectivity index (χ1n) is 4.04. The van der Waals surface area contributed by atoms with Crippen LogP contribution in [0.4, 0.5) is 18.9 Å². The summed E-state index contributed by atoms with van der Waals surface area (Å²) in [6, 6.07) is 3.62. The Hall–Kier alpha value is -1.43. The fourth-order valence-corrected chi connectivity index (χ4v) is 1.11. The molecule has 0 heterocycles. The third-order valence-electron chi connectivity index (χ3n) is 1.90. The average molecular weight is 221 g/mol. The summed E-state index contributed by atoms with van der Waals surface area (Å²) in [6.45, 7) is 0. The number of nitrogens with two attached hydrogens (primary N) is 1. The van der Waals surface area contributed by atoms with Crippen LogP contribution < -0.4 is 10.5 Å². The zero-order valence-corrected chi connectivity index (χ0v) is 7.88. The van der Waals surface area contributed by atoms with Crippen molar-refractivity contribution in [1.82, 2.24) is 0 Å². The average Bonchev–Trinajstić information content (AvgIpc) is 2.15. The molecule has 0 aromatic heterocycles. The maximum atomic E-state index is 12.2. The quantitative estimate of drug-likeness (QED) is 0.749. The smallest absolute Gasteiger partial charge is 0.418 e. The molecule has 0 radical (unpaired) electrons. The van der Waals surface area contributed by atoms with E-state index in [9.17, 15) is 13.2 Å². The summed E-state index contributed by atoms with van der Waals surface area (Å²) in [5.74, 6) is 0.339. The minimum Gasteiger partial charge on any atom is -0.497 e.